The van der Waals surface area contributed by atoms with Crippen molar-refractivity contribution >= 4 is 39.2 Å². The predicted molar refractivity (Wildman–Crippen MR) is 93.3 cm³/mol. The van der Waals surface area contributed by atoms with Gasteiger partial charge < -0.3 is 9.84 Å². The minimum Gasteiger partial charge on any atom is -0.504 e. The Balaban J connectivity index is 2.30. The molecule has 0 unspecified atom stereocenters. The number of nitro groups is 2. The van der Waals surface area contributed by atoms with Gasteiger partial charge in [0.05, 0.1) is 29.2 Å². The van der Waals surface area contributed by atoms with Crippen LogP contribution < -0.4 is 10.2 Å². The largest absolute Gasteiger partial charge is 0.504 e. The van der Waals surface area contributed by atoms with E-state index in [1.165, 1.54) is 19.4 Å². The molecule has 0 saturated carbocycles. The van der Waals surface area contributed by atoms with Crippen LogP contribution in [0.3, 0.4) is 0 Å². The predicted octanol–water partition coefficient (Wildman–Crippen LogP) is 3.43. The fraction of sp³-hybridized carbons (Fsp3) is 0.0714. The first-order chi connectivity index (χ1) is 11.8. The van der Waals surface area contributed by atoms with Crippen molar-refractivity contribution in [3.63, 3.8) is 0 Å². The average Bonchev–Trinajstić information content (AvgIpc) is 2.57. The highest BCUT2D eigenvalue weighted by Gasteiger charge is 2.19. The third kappa shape index (κ3) is 4.20. The molecule has 0 aromatic heterocycles. The lowest BCUT2D eigenvalue weighted by molar-refractivity contribution is -0.393. The van der Waals surface area contributed by atoms with Crippen molar-refractivity contribution in [3.05, 3.63) is 60.6 Å². The fourth-order valence-electron chi connectivity index (χ4n) is 1.90. The van der Waals surface area contributed by atoms with Gasteiger partial charge in [-0.2, -0.15) is 5.10 Å². The summed E-state index contributed by atoms with van der Waals surface area (Å²) in [6.45, 7) is 0. The Labute approximate surface area is 149 Å². The Morgan fingerprint density at radius 3 is 2.56 bits per heavy atom. The van der Waals surface area contributed by atoms with Gasteiger partial charge >= 0.3 is 5.69 Å². The summed E-state index contributed by atoms with van der Waals surface area (Å²) in [6, 6.07) is 6.24. The molecule has 2 aromatic rings. The SMILES string of the molecule is COc1cc(Br)cc(/C=N\Nc2ccc([N+](=O)[O-])cc2[N+](=O)[O-])c1O. The topological polar surface area (TPSA) is 140 Å². The van der Waals surface area contributed by atoms with Crippen molar-refractivity contribution in [1.29, 1.82) is 0 Å². The van der Waals surface area contributed by atoms with Gasteiger partial charge in [0, 0.05) is 16.1 Å². The van der Waals surface area contributed by atoms with Gasteiger partial charge in [-0.05, 0) is 18.2 Å². The third-order valence-electron chi connectivity index (χ3n) is 3.07. The molecule has 0 bridgehead atoms. The van der Waals surface area contributed by atoms with Gasteiger partial charge in [-0.15, -0.1) is 0 Å². The molecule has 0 fully saturated rings. The summed E-state index contributed by atoms with van der Waals surface area (Å²) in [5.74, 6) is 0.0617. The molecule has 25 heavy (non-hydrogen) atoms. The molecule has 130 valence electrons. The van der Waals surface area contributed by atoms with Gasteiger partial charge in [-0.3, -0.25) is 25.7 Å². The van der Waals surface area contributed by atoms with Crippen molar-refractivity contribution in [2.24, 2.45) is 5.10 Å². The van der Waals surface area contributed by atoms with E-state index in [0.717, 1.165) is 12.1 Å². The van der Waals surface area contributed by atoms with E-state index in [4.69, 9.17) is 4.74 Å². The van der Waals surface area contributed by atoms with Crippen LogP contribution in [-0.4, -0.2) is 28.3 Å². The first kappa shape index (κ1) is 18.1. The van der Waals surface area contributed by atoms with Crippen LogP contribution in [0.1, 0.15) is 5.56 Å². The molecule has 0 aliphatic rings. The summed E-state index contributed by atoms with van der Waals surface area (Å²) in [5, 5.41) is 35.6. The number of phenols is 1. The number of methoxy groups -OCH3 is 1. The van der Waals surface area contributed by atoms with Gasteiger partial charge in [0.2, 0.25) is 0 Å². The zero-order chi connectivity index (χ0) is 18.6. The number of aromatic hydroxyl groups is 1. The highest BCUT2D eigenvalue weighted by molar-refractivity contribution is 9.10. The molecule has 2 rings (SSSR count). The molecule has 0 saturated heterocycles. The van der Waals surface area contributed by atoms with E-state index in [1.807, 2.05) is 0 Å². The second kappa shape index (κ2) is 7.57. The summed E-state index contributed by atoms with van der Waals surface area (Å²) in [4.78, 5) is 20.3. The maximum Gasteiger partial charge on any atom is 0.301 e. The summed E-state index contributed by atoms with van der Waals surface area (Å²) in [5.41, 5.74) is 1.79. The zero-order valence-corrected chi connectivity index (χ0v) is 14.3. The Morgan fingerprint density at radius 1 is 1.24 bits per heavy atom. The van der Waals surface area contributed by atoms with E-state index in [0.29, 0.717) is 10.0 Å². The Morgan fingerprint density at radius 2 is 1.96 bits per heavy atom. The van der Waals surface area contributed by atoms with E-state index in [1.54, 1.807) is 12.1 Å². The van der Waals surface area contributed by atoms with Crippen molar-refractivity contribution in [1.82, 2.24) is 0 Å². The Hall–Kier alpha value is -3.21. The van der Waals surface area contributed by atoms with E-state index in [-0.39, 0.29) is 17.2 Å². The molecule has 2 N–H and O–H groups in total. The lowest BCUT2D eigenvalue weighted by atomic mass is 10.2. The van der Waals surface area contributed by atoms with Gasteiger partial charge in [0.15, 0.2) is 11.5 Å². The molecule has 0 aliphatic heterocycles. The Bertz CT molecular complexity index is 871. The molecule has 0 aliphatic carbocycles. The molecular formula is C14H11BrN4O6. The number of nitrogens with one attached hydrogen (secondary N) is 1. The summed E-state index contributed by atoms with van der Waals surface area (Å²) < 4.78 is 5.63. The van der Waals surface area contributed by atoms with Crippen LogP contribution in [0.25, 0.3) is 0 Å². The average molecular weight is 411 g/mol. The summed E-state index contributed by atoms with van der Waals surface area (Å²) in [7, 11) is 1.39. The molecule has 0 amide bonds. The van der Waals surface area contributed by atoms with Crippen molar-refractivity contribution < 1.29 is 19.7 Å². The lowest BCUT2D eigenvalue weighted by Gasteiger charge is -2.07. The molecule has 0 spiro atoms. The second-order valence-corrected chi connectivity index (χ2v) is 5.55. The van der Waals surface area contributed by atoms with Gasteiger partial charge in [0.1, 0.15) is 5.69 Å². The third-order valence-corrected chi connectivity index (χ3v) is 3.52. The van der Waals surface area contributed by atoms with Crippen molar-refractivity contribution in [2.45, 2.75) is 0 Å². The molecule has 0 atom stereocenters. The number of phenolic OH excluding ortho intramolecular Hbond substituents is 1. The number of benzene rings is 2. The summed E-state index contributed by atoms with van der Waals surface area (Å²) >= 11 is 3.25. The maximum atomic E-state index is 11.0. The monoisotopic (exact) mass is 410 g/mol. The standard InChI is InChI=1S/C14H11BrN4O6/c1-25-13-5-9(15)4-8(14(13)20)7-16-17-11-3-2-10(18(21)22)6-12(11)19(23)24/h2-7,17,20H,1H3/b16-7-. The highest BCUT2D eigenvalue weighted by atomic mass is 79.9. The molecule has 0 heterocycles. The minimum atomic E-state index is -0.759. The van der Waals surface area contributed by atoms with E-state index in [9.17, 15) is 25.3 Å². The van der Waals surface area contributed by atoms with Crippen molar-refractivity contribution in [2.75, 3.05) is 12.5 Å². The van der Waals surface area contributed by atoms with Crippen LogP contribution in [0.2, 0.25) is 0 Å². The maximum absolute atomic E-state index is 11.0. The van der Waals surface area contributed by atoms with Crippen molar-refractivity contribution in [3.8, 4) is 11.5 Å². The lowest BCUT2D eigenvalue weighted by Crippen LogP contribution is -1.99. The first-order valence-electron chi connectivity index (χ1n) is 6.62. The van der Waals surface area contributed by atoms with Crippen LogP contribution in [0, 0.1) is 20.2 Å². The molecule has 11 heteroatoms. The number of rotatable bonds is 6. The quantitative estimate of drug-likeness (QED) is 0.422. The zero-order valence-electron chi connectivity index (χ0n) is 12.7. The Kier molecular flexibility index (Phi) is 5.49. The second-order valence-electron chi connectivity index (χ2n) is 4.63. The van der Waals surface area contributed by atoms with E-state index >= 15 is 0 Å². The highest BCUT2D eigenvalue weighted by Crippen LogP contribution is 2.33. The van der Waals surface area contributed by atoms with Crippen LogP contribution >= 0.6 is 15.9 Å². The molecule has 0 radical (unpaired) electrons. The molecule has 10 nitrogen and oxygen atoms in total. The smallest absolute Gasteiger partial charge is 0.301 e. The normalized spacial score (nSPS) is 10.6. The molecule has 2 aromatic carbocycles. The number of hydrogen-bond donors (Lipinski definition) is 2. The summed E-state index contributed by atoms with van der Waals surface area (Å²) in [6.07, 6.45) is 1.23. The van der Waals surface area contributed by atoms with E-state index < -0.39 is 21.2 Å². The number of non-ortho nitro benzene ring substituents is 1. The van der Waals surface area contributed by atoms with Crippen LogP contribution in [-0.2, 0) is 0 Å². The number of hydrogen-bond acceptors (Lipinski definition) is 8. The number of halogens is 1. The number of anilines is 1. The molecular weight excluding hydrogens is 400 g/mol. The van der Waals surface area contributed by atoms with Gasteiger partial charge in [0.25, 0.3) is 5.69 Å². The van der Waals surface area contributed by atoms with Gasteiger partial charge in [-0.1, -0.05) is 15.9 Å². The van der Waals surface area contributed by atoms with E-state index in [2.05, 4.69) is 26.5 Å². The van der Waals surface area contributed by atoms with Crippen LogP contribution in [0.5, 0.6) is 11.5 Å². The first-order valence-corrected chi connectivity index (χ1v) is 7.41. The number of ether oxygens (including phenoxy) is 1. The van der Waals surface area contributed by atoms with Gasteiger partial charge in [-0.25, -0.2) is 0 Å². The van der Waals surface area contributed by atoms with Crippen LogP contribution in [0.4, 0.5) is 17.1 Å². The fourth-order valence-corrected chi connectivity index (χ4v) is 2.35. The number of nitro benzene ring substituents is 2. The minimum absolute atomic E-state index is 0.0340. The number of hydrazone groups is 1. The van der Waals surface area contributed by atoms with Crippen LogP contribution in [0.15, 0.2) is 39.9 Å². The number of nitrogens with zero attached hydrogens (tertiary/aromatic N) is 3.